The number of rotatable bonds is 0. The van der Waals surface area contributed by atoms with E-state index in [2.05, 4.69) is 10.2 Å². The van der Waals surface area contributed by atoms with Gasteiger partial charge in [0, 0.05) is 0 Å². The van der Waals surface area contributed by atoms with Crippen LogP contribution in [-0.2, 0) is 0 Å². The van der Waals surface area contributed by atoms with Crippen molar-refractivity contribution in [2.45, 2.75) is 6.42 Å². The molecule has 0 fully saturated rings. The maximum Gasteiger partial charge on any atom is 0.141 e. The Morgan fingerprint density at radius 1 is 1.71 bits per heavy atom. The molecule has 0 amide bonds. The van der Waals surface area contributed by atoms with Crippen molar-refractivity contribution < 1.29 is 0 Å². The normalized spacial score (nSPS) is 19.1. The second-order valence-corrected chi connectivity index (χ2v) is 1.38. The Morgan fingerprint density at radius 3 is 2.86 bits per heavy atom. The maximum atomic E-state index is 5.24. The summed E-state index contributed by atoms with van der Waals surface area (Å²) in [6.45, 7) is 0.792. The summed E-state index contributed by atoms with van der Waals surface area (Å²) in [5.41, 5.74) is 5.24. The standard InChI is InChI=1S/C4H7N3/c5-4-2-1-3-6-7-4/h2H,1,3,5H2. The summed E-state index contributed by atoms with van der Waals surface area (Å²) >= 11 is 0. The van der Waals surface area contributed by atoms with Gasteiger partial charge in [-0.3, -0.25) is 0 Å². The van der Waals surface area contributed by atoms with Crippen LogP contribution in [-0.4, -0.2) is 6.54 Å². The van der Waals surface area contributed by atoms with E-state index in [-0.39, 0.29) is 0 Å². The van der Waals surface area contributed by atoms with E-state index >= 15 is 0 Å². The highest BCUT2D eigenvalue weighted by atomic mass is 15.2. The van der Waals surface area contributed by atoms with Crippen molar-refractivity contribution >= 4 is 0 Å². The Morgan fingerprint density at radius 2 is 2.57 bits per heavy atom. The quantitative estimate of drug-likeness (QED) is 0.473. The van der Waals surface area contributed by atoms with E-state index in [1.165, 1.54) is 0 Å². The van der Waals surface area contributed by atoms with Gasteiger partial charge >= 0.3 is 0 Å². The third kappa shape index (κ3) is 0.994. The van der Waals surface area contributed by atoms with E-state index in [9.17, 15) is 0 Å². The van der Waals surface area contributed by atoms with E-state index in [1.54, 1.807) is 0 Å². The van der Waals surface area contributed by atoms with Crippen molar-refractivity contribution in [3.8, 4) is 0 Å². The molecule has 38 valence electrons. The lowest BCUT2D eigenvalue weighted by molar-refractivity contribution is 0.847. The first-order chi connectivity index (χ1) is 3.39. The third-order valence-corrected chi connectivity index (χ3v) is 0.769. The predicted octanol–water partition coefficient (Wildman–Crippen LogP) is 0.642. The van der Waals surface area contributed by atoms with Crippen molar-refractivity contribution in [1.82, 2.24) is 0 Å². The summed E-state index contributed by atoms with van der Waals surface area (Å²) in [5.74, 6) is 0.547. The lowest BCUT2D eigenvalue weighted by Gasteiger charge is -1.95. The van der Waals surface area contributed by atoms with Gasteiger partial charge in [-0.2, -0.15) is 5.11 Å². The van der Waals surface area contributed by atoms with Crippen LogP contribution in [0, 0.1) is 0 Å². The molecule has 7 heavy (non-hydrogen) atoms. The molecular formula is C4H7N3. The van der Waals surface area contributed by atoms with Gasteiger partial charge in [0.15, 0.2) is 0 Å². The van der Waals surface area contributed by atoms with Gasteiger partial charge in [0.25, 0.3) is 0 Å². The van der Waals surface area contributed by atoms with Gasteiger partial charge in [-0.25, -0.2) is 0 Å². The lowest BCUT2D eigenvalue weighted by Crippen LogP contribution is -1.96. The first kappa shape index (κ1) is 4.30. The van der Waals surface area contributed by atoms with Crippen LogP contribution in [0.4, 0.5) is 0 Å². The molecule has 0 atom stereocenters. The lowest BCUT2D eigenvalue weighted by atomic mass is 10.4. The van der Waals surface area contributed by atoms with Crippen LogP contribution in [0.1, 0.15) is 6.42 Å². The van der Waals surface area contributed by atoms with E-state index in [1.807, 2.05) is 6.08 Å². The Labute approximate surface area is 41.9 Å². The summed E-state index contributed by atoms with van der Waals surface area (Å²) in [6.07, 6.45) is 2.81. The van der Waals surface area contributed by atoms with Crippen molar-refractivity contribution in [2.24, 2.45) is 16.0 Å². The third-order valence-electron chi connectivity index (χ3n) is 0.769. The molecule has 0 saturated carbocycles. The number of nitrogens with two attached hydrogens (primary N) is 1. The monoisotopic (exact) mass is 97.1 g/mol. The molecule has 2 N–H and O–H groups in total. The van der Waals surface area contributed by atoms with Gasteiger partial charge in [0.1, 0.15) is 5.82 Å². The largest absolute Gasteiger partial charge is 0.382 e. The highest BCUT2D eigenvalue weighted by molar-refractivity contribution is 4.95. The number of nitrogens with zero attached hydrogens (tertiary/aromatic N) is 2. The highest BCUT2D eigenvalue weighted by Gasteiger charge is 1.89. The summed E-state index contributed by atoms with van der Waals surface area (Å²) < 4.78 is 0. The molecule has 3 nitrogen and oxygen atoms in total. The number of azo groups is 1. The Bertz CT molecular complexity index is 114. The average Bonchev–Trinajstić information content (AvgIpc) is 1.69. The molecule has 3 heteroatoms. The Balaban J connectivity index is 2.58. The molecule has 0 spiro atoms. The van der Waals surface area contributed by atoms with Gasteiger partial charge < -0.3 is 5.73 Å². The van der Waals surface area contributed by atoms with Crippen LogP contribution in [0.5, 0.6) is 0 Å². The molecule has 0 unspecified atom stereocenters. The topological polar surface area (TPSA) is 50.7 Å². The zero-order valence-corrected chi connectivity index (χ0v) is 3.96. The highest BCUT2D eigenvalue weighted by Crippen LogP contribution is 1.98. The number of hydrogen-bond acceptors (Lipinski definition) is 3. The Kier molecular flexibility index (Phi) is 1.06. The zero-order valence-electron chi connectivity index (χ0n) is 3.96. The molecule has 0 aromatic carbocycles. The molecule has 0 aliphatic carbocycles. The van der Waals surface area contributed by atoms with Crippen LogP contribution < -0.4 is 5.73 Å². The molecule has 1 aliphatic rings. The van der Waals surface area contributed by atoms with Crippen LogP contribution in [0.3, 0.4) is 0 Å². The summed E-state index contributed by atoms with van der Waals surface area (Å²) in [7, 11) is 0. The fourth-order valence-electron chi connectivity index (χ4n) is 0.443. The van der Waals surface area contributed by atoms with Gasteiger partial charge in [0.05, 0.1) is 6.54 Å². The molecule has 0 saturated heterocycles. The molecule has 1 heterocycles. The van der Waals surface area contributed by atoms with Gasteiger partial charge in [-0.15, -0.1) is 5.11 Å². The minimum atomic E-state index is 0.547. The SMILES string of the molecule is NC1=CCCN=N1. The molecule has 1 rings (SSSR count). The molecule has 0 aromatic rings. The van der Waals surface area contributed by atoms with Gasteiger partial charge in [-0.05, 0) is 12.5 Å². The minimum Gasteiger partial charge on any atom is -0.382 e. The van der Waals surface area contributed by atoms with Gasteiger partial charge in [-0.1, -0.05) is 0 Å². The molecule has 0 bridgehead atoms. The first-order valence-electron chi connectivity index (χ1n) is 2.23. The van der Waals surface area contributed by atoms with E-state index in [0.29, 0.717) is 5.82 Å². The molecule has 0 radical (unpaired) electrons. The van der Waals surface area contributed by atoms with Crippen molar-refractivity contribution in [3.63, 3.8) is 0 Å². The van der Waals surface area contributed by atoms with Gasteiger partial charge in [0.2, 0.25) is 0 Å². The smallest absolute Gasteiger partial charge is 0.141 e. The van der Waals surface area contributed by atoms with Crippen molar-refractivity contribution in [1.29, 1.82) is 0 Å². The maximum absolute atomic E-state index is 5.24. The van der Waals surface area contributed by atoms with Crippen molar-refractivity contribution in [2.75, 3.05) is 6.54 Å². The van der Waals surface area contributed by atoms with E-state index < -0.39 is 0 Å². The minimum absolute atomic E-state index is 0.547. The van der Waals surface area contributed by atoms with E-state index in [0.717, 1.165) is 13.0 Å². The summed E-state index contributed by atoms with van der Waals surface area (Å²) in [6, 6.07) is 0. The summed E-state index contributed by atoms with van der Waals surface area (Å²) in [5, 5.41) is 7.28. The number of hydrogen-bond donors (Lipinski definition) is 1. The predicted molar refractivity (Wildman–Crippen MR) is 26.6 cm³/mol. The Hall–Kier alpha value is -0.860. The first-order valence-corrected chi connectivity index (χ1v) is 2.23. The second-order valence-electron chi connectivity index (χ2n) is 1.38. The van der Waals surface area contributed by atoms with Crippen molar-refractivity contribution in [3.05, 3.63) is 11.9 Å². The fraction of sp³-hybridized carbons (Fsp3) is 0.500. The molecule has 1 aliphatic heterocycles. The van der Waals surface area contributed by atoms with Crippen LogP contribution in [0.2, 0.25) is 0 Å². The second kappa shape index (κ2) is 1.73. The zero-order chi connectivity index (χ0) is 5.11. The average molecular weight is 97.1 g/mol. The van der Waals surface area contributed by atoms with E-state index in [4.69, 9.17) is 5.73 Å². The van der Waals surface area contributed by atoms with Crippen LogP contribution in [0.25, 0.3) is 0 Å². The molecule has 0 aromatic heterocycles. The van der Waals surface area contributed by atoms with Crippen LogP contribution >= 0.6 is 0 Å². The molecular weight excluding hydrogens is 90.1 g/mol. The van der Waals surface area contributed by atoms with Crippen LogP contribution in [0.15, 0.2) is 22.1 Å². The fourth-order valence-corrected chi connectivity index (χ4v) is 0.443. The summed E-state index contributed by atoms with van der Waals surface area (Å²) in [4.78, 5) is 0.